The molecule has 0 N–H and O–H groups in total. The van der Waals surface area contributed by atoms with Crippen molar-refractivity contribution in [3.05, 3.63) is 35.9 Å². The molecular formula is C30H45ClN4O2. The number of amides is 3. The van der Waals surface area contributed by atoms with E-state index < -0.39 is 0 Å². The molecule has 2 unspecified atom stereocenters. The first-order valence-corrected chi connectivity index (χ1v) is 14.4. The minimum atomic E-state index is -0.131. The molecule has 4 saturated heterocycles. The molecule has 4 aliphatic heterocycles. The summed E-state index contributed by atoms with van der Waals surface area (Å²) in [5, 5.41) is 0. The Morgan fingerprint density at radius 1 is 1.05 bits per heavy atom. The molecule has 1 aromatic carbocycles. The number of likely N-dealkylation sites (tertiary alicyclic amines) is 1. The summed E-state index contributed by atoms with van der Waals surface area (Å²) in [6, 6.07) is 12.4. The highest BCUT2D eigenvalue weighted by atomic mass is 35.5. The lowest BCUT2D eigenvalue weighted by Gasteiger charge is -2.50. The molecule has 5 fully saturated rings. The Hall–Kier alpha value is -1.79. The van der Waals surface area contributed by atoms with Crippen LogP contribution >= 0.6 is 12.4 Å². The van der Waals surface area contributed by atoms with Crippen molar-refractivity contribution in [2.24, 2.45) is 11.3 Å². The van der Waals surface area contributed by atoms with Crippen LogP contribution in [0.15, 0.2) is 30.3 Å². The molecule has 7 heteroatoms. The van der Waals surface area contributed by atoms with Crippen molar-refractivity contribution < 1.29 is 9.59 Å². The number of carbonyl (C=O) groups is 2. The average molecular weight is 529 g/mol. The van der Waals surface area contributed by atoms with E-state index in [0.29, 0.717) is 29.8 Å². The van der Waals surface area contributed by atoms with Gasteiger partial charge in [0.15, 0.2) is 0 Å². The molecule has 204 valence electrons. The van der Waals surface area contributed by atoms with Gasteiger partial charge in [0.2, 0.25) is 5.91 Å². The van der Waals surface area contributed by atoms with Crippen molar-refractivity contribution in [2.45, 2.75) is 95.3 Å². The Balaban J connectivity index is 0.00000280. The number of likely N-dealkylation sites (N-methyl/N-ethyl adjacent to an activating group) is 1. The highest BCUT2D eigenvalue weighted by Gasteiger charge is 2.57. The van der Waals surface area contributed by atoms with Gasteiger partial charge in [0.1, 0.15) is 0 Å². The van der Waals surface area contributed by atoms with Crippen LogP contribution in [0, 0.1) is 11.3 Å². The molecule has 2 bridgehead atoms. The van der Waals surface area contributed by atoms with Gasteiger partial charge in [0.05, 0.1) is 5.54 Å². The van der Waals surface area contributed by atoms with E-state index in [4.69, 9.17) is 0 Å². The van der Waals surface area contributed by atoms with Crippen molar-refractivity contribution in [1.29, 1.82) is 0 Å². The Labute approximate surface area is 229 Å². The molecular weight excluding hydrogens is 484 g/mol. The van der Waals surface area contributed by atoms with E-state index in [9.17, 15) is 9.59 Å². The first-order valence-electron chi connectivity index (χ1n) is 14.4. The summed E-state index contributed by atoms with van der Waals surface area (Å²) in [5.41, 5.74) is 1.23. The van der Waals surface area contributed by atoms with Gasteiger partial charge < -0.3 is 14.7 Å². The molecule has 0 radical (unpaired) electrons. The highest BCUT2D eigenvalue weighted by molar-refractivity contribution is 5.85. The average Bonchev–Trinajstić information content (AvgIpc) is 3.43. The molecule has 1 aromatic rings. The largest absolute Gasteiger partial charge is 0.341 e. The van der Waals surface area contributed by atoms with E-state index in [-0.39, 0.29) is 35.4 Å². The standard InChI is InChI=1S/C30H44N4O2.ClH/c1-21(2)34-28(36)31(4)20-30(34)15-24-11-12-25(16-30)33(24)18-23-17-32(27(35)29(3)13-8-14-29)19-26(23)22-9-6-5-7-10-22;/h5-7,9-10,21,23-26H,8,11-20H2,1-4H3;1H/t23-,24?,25?,26-,30?;/m1./s1. The number of urea groups is 1. The third-order valence-electron chi connectivity index (χ3n) is 10.5. The van der Waals surface area contributed by atoms with Crippen LogP contribution in [0.3, 0.4) is 0 Å². The molecule has 4 heterocycles. The fourth-order valence-corrected chi connectivity index (χ4v) is 8.65. The number of hydrogen-bond acceptors (Lipinski definition) is 3. The predicted molar refractivity (Wildman–Crippen MR) is 149 cm³/mol. The number of carbonyl (C=O) groups excluding carboxylic acids is 2. The van der Waals surface area contributed by atoms with Crippen molar-refractivity contribution in [2.75, 3.05) is 33.2 Å². The second-order valence-corrected chi connectivity index (χ2v) is 13.2. The van der Waals surface area contributed by atoms with Crippen LogP contribution in [0.4, 0.5) is 4.79 Å². The Kier molecular flexibility index (Phi) is 7.06. The van der Waals surface area contributed by atoms with E-state index in [1.165, 1.54) is 24.8 Å². The zero-order chi connectivity index (χ0) is 25.2. The molecule has 6 rings (SSSR count). The van der Waals surface area contributed by atoms with E-state index in [1.54, 1.807) is 0 Å². The fourth-order valence-electron chi connectivity index (χ4n) is 8.65. The molecule has 6 nitrogen and oxygen atoms in total. The monoisotopic (exact) mass is 528 g/mol. The SMILES string of the molecule is CC(C)N1C(=O)N(C)CC12CC1CCC(C2)N1C[C@H]1CN(C(=O)C2(C)CCC2)C[C@@H]1c1ccccc1.Cl. The maximum Gasteiger partial charge on any atom is 0.320 e. The van der Waals surface area contributed by atoms with Crippen LogP contribution < -0.4 is 0 Å². The Morgan fingerprint density at radius 3 is 2.27 bits per heavy atom. The summed E-state index contributed by atoms with van der Waals surface area (Å²) < 4.78 is 0. The second kappa shape index (κ2) is 9.75. The number of piperidine rings is 1. The van der Waals surface area contributed by atoms with Gasteiger partial charge in [-0.2, -0.15) is 0 Å². The fraction of sp³-hybridized carbons (Fsp3) is 0.733. The van der Waals surface area contributed by atoms with E-state index >= 15 is 0 Å². The second-order valence-electron chi connectivity index (χ2n) is 13.2. The molecule has 1 aliphatic carbocycles. The highest BCUT2D eigenvalue weighted by Crippen LogP contribution is 2.49. The Morgan fingerprint density at radius 2 is 1.70 bits per heavy atom. The smallest absolute Gasteiger partial charge is 0.320 e. The first kappa shape index (κ1) is 26.8. The van der Waals surface area contributed by atoms with Gasteiger partial charge in [-0.25, -0.2) is 4.79 Å². The minimum Gasteiger partial charge on any atom is -0.341 e. The van der Waals surface area contributed by atoms with Crippen LogP contribution in [0.1, 0.15) is 77.2 Å². The van der Waals surface area contributed by atoms with Gasteiger partial charge in [-0.1, -0.05) is 43.7 Å². The summed E-state index contributed by atoms with van der Waals surface area (Å²) in [4.78, 5) is 35.7. The number of nitrogens with zero attached hydrogens (tertiary/aromatic N) is 4. The number of rotatable bonds is 5. The minimum absolute atomic E-state index is 0. The topological polar surface area (TPSA) is 47.1 Å². The van der Waals surface area contributed by atoms with Crippen LogP contribution in [-0.4, -0.2) is 88.4 Å². The van der Waals surface area contributed by atoms with Crippen molar-refractivity contribution in [3.8, 4) is 0 Å². The number of benzene rings is 1. The van der Waals surface area contributed by atoms with Gasteiger partial charge in [-0.3, -0.25) is 9.69 Å². The number of hydrogen-bond donors (Lipinski definition) is 0. The van der Waals surface area contributed by atoms with Gasteiger partial charge in [0.25, 0.3) is 0 Å². The quantitative estimate of drug-likeness (QED) is 0.541. The van der Waals surface area contributed by atoms with Gasteiger partial charge >= 0.3 is 6.03 Å². The molecule has 3 amide bonds. The lowest BCUT2D eigenvalue weighted by molar-refractivity contribution is -0.145. The zero-order valence-electron chi connectivity index (χ0n) is 23.1. The Bertz CT molecular complexity index is 998. The van der Waals surface area contributed by atoms with E-state index in [2.05, 4.69) is 65.8 Å². The van der Waals surface area contributed by atoms with Gasteiger partial charge in [-0.05, 0) is 63.9 Å². The number of fused-ring (bicyclic) bond motifs is 2. The molecule has 1 spiro atoms. The van der Waals surface area contributed by atoms with E-state index in [0.717, 1.165) is 51.9 Å². The molecule has 37 heavy (non-hydrogen) atoms. The van der Waals surface area contributed by atoms with Crippen LogP contribution in [0.2, 0.25) is 0 Å². The lowest BCUT2D eigenvalue weighted by atomic mass is 9.69. The lowest BCUT2D eigenvalue weighted by Crippen LogP contribution is -2.60. The normalized spacial score (nSPS) is 34.8. The summed E-state index contributed by atoms with van der Waals surface area (Å²) in [7, 11) is 1.97. The van der Waals surface area contributed by atoms with Crippen molar-refractivity contribution in [1.82, 2.24) is 19.6 Å². The maximum atomic E-state index is 13.5. The zero-order valence-corrected chi connectivity index (χ0v) is 23.9. The molecule has 4 atom stereocenters. The summed E-state index contributed by atoms with van der Waals surface area (Å²) in [5.74, 6) is 1.25. The molecule has 5 aliphatic rings. The van der Waals surface area contributed by atoms with Crippen molar-refractivity contribution >= 4 is 24.3 Å². The summed E-state index contributed by atoms with van der Waals surface area (Å²) in [6.07, 6.45) is 7.91. The first-order chi connectivity index (χ1) is 17.2. The number of halogens is 1. The van der Waals surface area contributed by atoms with E-state index in [1.807, 2.05) is 11.9 Å². The van der Waals surface area contributed by atoms with Crippen LogP contribution in [0.5, 0.6) is 0 Å². The third-order valence-corrected chi connectivity index (χ3v) is 10.5. The van der Waals surface area contributed by atoms with Crippen molar-refractivity contribution in [3.63, 3.8) is 0 Å². The summed E-state index contributed by atoms with van der Waals surface area (Å²) >= 11 is 0. The van der Waals surface area contributed by atoms with Crippen LogP contribution in [-0.2, 0) is 4.79 Å². The van der Waals surface area contributed by atoms with Crippen LogP contribution in [0.25, 0.3) is 0 Å². The predicted octanol–water partition coefficient (Wildman–Crippen LogP) is 4.98. The van der Waals surface area contributed by atoms with Gasteiger partial charge in [0, 0.05) is 62.7 Å². The van der Waals surface area contributed by atoms with Gasteiger partial charge in [-0.15, -0.1) is 12.4 Å². The maximum absolute atomic E-state index is 13.5. The summed E-state index contributed by atoms with van der Waals surface area (Å²) in [6.45, 7) is 10.2. The molecule has 0 aromatic heterocycles. The third kappa shape index (κ3) is 4.36. The molecule has 1 saturated carbocycles.